The van der Waals surface area contributed by atoms with Gasteiger partial charge < -0.3 is 15.2 Å². The highest BCUT2D eigenvalue weighted by Crippen LogP contribution is 2.37. The molecule has 260 valence electrons. The van der Waals surface area contributed by atoms with Crippen LogP contribution in [0.15, 0.2) is 98.9 Å². The van der Waals surface area contributed by atoms with Crippen LogP contribution in [0.4, 0.5) is 17.1 Å². The van der Waals surface area contributed by atoms with Crippen LogP contribution in [-0.2, 0) is 25.0 Å². The first kappa shape index (κ1) is 34.7. The number of ether oxygens (including phenoxy) is 2. The standard InChI is InChI=1S/C34H27N5O10S2/c1-48-27-15-19(20-8-12-24(28(16-20)49-2)37-39-33-21-6-4-3-5-18(21)9-14-26(33)40)7-11-23(27)36-38-25-13-10-22-29(50(42,43)44)17-30(51(45,46)47)32(35)31(22)34(25)41/h3-17,36-37H,35H2,1-2H3,(H,42,43,44)(H,45,46,47). The van der Waals surface area contributed by atoms with Gasteiger partial charge in [-0.05, 0) is 59.2 Å². The van der Waals surface area contributed by atoms with Crippen molar-refractivity contribution in [3.8, 4) is 22.6 Å². The number of fused-ring (bicyclic) bond motifs is 2. The minimum atomic E-state index is -5.09. The number of hydrazone groups is 2. The van der Waals surface area contributed by atoms with E-state index in [-0.39, 0.29) is 22.8 Å². The van der Waals surface area contributed by atoms with Crippen molar-refractivity contribution in [2.45, 2.75) is 9.79 Å². The van der Waals surface area contributed by atoms with Crippen molar-refractivity contribution < 1.29 is 45.0 Å². The summed E-state index contributed by atoms with van der Waals surface area (Å²) >= 11 is 0. The number of allylic oxidation sites excluding steroid dienone is 2. The van der Waals surface area contributed by atoms with Crippen LogP contribution < -0.4 is 26.1 Å². The molecule has 0 heterocycles. The van der Waals surface area contributed by atoms with Crippen LogP contribution >= 0.6 is 0 Å². The van der Waals surface area contributed by atoms with Gasteiger partial charge in [0.1, 0.15) is 32.7 Å². The Kier molecular flexibility index (Phi) is 9.05. The molecule has 51 heavy (non-hydrogen) atoms. The van der Waals surface area contributed by atoms with Gasteiger partial charge in [-0.25, -0.2) is 0 Å². The van der Waals surface area contributed by atoms with Crippen molar-refractivity contribution in [3.05, 3.63) is 101 Å². The van der Waals surface area contributed by atoms with E-state index in [1.807, 2.05) is 24.3 Å². The molecule has 17 heteroatoms. The number of rotatable bonds is 9. The molecule has 2 aliphatic rings. The maximum absolute atomic E-state index is 13.4. The van der Waals surface area contributed by atoms with E-state index >= 15 is 0 Å². The largest absolute Gasteiger partial charge is 0.494 e. The Morgan fingerprint density at radius 2 is 1.29 bits per heavy atom. The van der Waals surface area contributed by atoms with Gasteiger partial charge in [-0.1, -0.05) is 48.6 Å². The number of ketones is 2. The molecule has 0 saturated heterocycles. The Hall–Kier alpha value is -6.14. The van der Waals surface area contributed by atoms with Crippen molar-refractivity contribution in [1.29, 1.82) is 0 Å². The van der Waals surface area contributed by atoms with Gasteiger partial charge in [0.15, 0.2) is 0 Å². The van der Waals surface area contributed by atoms with Crippen molar-refractivity contribution in [1.82, 2.24) is 0 Å². The van der Waals surface area contributed by atoms with E-state index in [4.69, 9.17) is 15.2 Å². The molecule has 0 radical (unpaired) electrons. The van der Waals surface area contributed by atoms with Crippen LogP contribution in [0.1, 0.15) is 27.0 Å². The number of benzene rings is 4. The minimum Gasteiger partial charge on any atom is -0.494 e. The summed E-state index contributed by atoms with van der Waals surface area (Å²) in [7, 11) is -7.22. The molecule has 15 nitrogen and oxygen atoms in total. The third-order valence-corrected chi connectivity index (χ3v) is 9.73. The summed E-state index contributed by atoms with van der Waals surface area (Å²) in [5.74, 6) is -0.476. The fourth-order valence-corrected chi connectivity index (χ4v) is 6.91. The fraction of sp³-hybridized carbons (Fsp3) is 0.0588. The van der Waals surface area contributed by atoms with Crippen molar-refractivity contribution in [2.24, 2.45) is 10.2 Å². The van der Waals surface area contributed by atoms with E-state index in [0.29, 0.717) is 40.1 Å². The summed E-state index contributed by atoms with van der Waals surface area (Å²) in [6.45, 7) is 0. The number of methoxy groups -OCH3 is 2. The molecule has 0 saturated carbocycles. The lowest BCUT2D eigenvalue weighted by atomic mass is 9.93. The lowest BCUT2D eigenvalue weighted by molar-refractivity contribution is -0.108. The molecule has 0 aromatic heterocycles. The van der Waals surface area contributed by atoms with E-state index in [1.54, 1.807) is 42.5 Å². The van der Waals surface area contributed by atoms with E-state index in [2.05, 4.69) is 21.1 Å². The summed E-state index contributed by atoms with van der Waals surface area (Å²) in [4.78, 5) is 23.9. The van der Waals surface area contributed by atoms with E-state index in [0.717, 1.165) is 23.3 Å². The minimum absolute atomic E-state index is 0.238. The second kappa shape index (κ2) is 13.3. The normalized spacial score (nSPS) is 15.5. The van der Waals surface area contributed by atoms with Gasteiger partial charge in [-0.3, -0.25) is 29.5 Å². The van der Waals surface area contributed by atoms with E-state index in [9.17, 15) is 35.5 Å². The molecule has 0 spiro atoms. The van der Waals surface area contributed by atoms with Gasteiger partial charge in [0.25, 0.3) is 20.2 Å². The predicted octanol–water partition coefficient (Wildman–Crippen LogP) is 4.54. The van der Waals surface area contributed by atoms with E-state index in [1.165, 1.54) is 20.3 Å². The van der Waals surface area contributed by atoms with Gasteiger partial charge in [-0.2, -0.15) is 27.0 Å². The number of carbonyl (C=O) groups is 2. The second-order valence-corrected chi connectivity index (χ2v) is 13.8. The fourth-order valence-electron chi connectivity index (χ4n) is 5.47. The van der Waals surface area contributed by atoms with Crippen molar-refractivity contribution in [2.75, 3.05) is 30.8 Å². The zero-order chi connectivity index (χ0) is 36.7. The zero-order valence-electron chi connectivity index (χ0n) is 26.6. The molecular weight excluding hydrogens is 703 g/mol. The molecule has 0 bridgehead atoms. The van der Waals surface area contributed by atoms with Crippen LogP contribution in [0.25, 0.3) is 23.3 Å². The molecule has 0 unspecified atom stereocenters. The Bertz CT molecular complexity index is 2510. The summed E-state index contributed by atoms with van der Waals surface area (Å²) in [6.07, 6.45) is 5.46. The Labute approximate surface area is 291 Å². The highest BCUT2D eigenvalue weighted by molar-refractivity contribution is 7.86. The van der Waals surface area contributed by atoms with E-state index < -0.39 is 47.1 Å². The third kappa shape index (κ3) is 6.73. The molecule has 2 aliphatic carbocycles. The zero-order valence-corrected chi connectivity index (χ0v) is 28.2. The maximum atomic E-state index is 13.4. The van der Waals surface area contributed by atoms with Gasteiger partial charge in [0, 0.05) is 11.1 Å². The number of hydrogen-bond acceptors (Lipinski definition) is 13. The molecule has 0 amide bonds. The molecule has 0 fully saturated rings. The van der Waals surface area contributed by atoms with Crippen LogP contribution in [0.2, 0.25) is 0 Å². The Morgan fingerprint density at radius 1 is 0.706 bits per heavy atom. The van der Waals surface area contributed by atoms with Gasteiger partial charge >= 0.3 is 0 Å². The summed E-state index contributed by atoms with van der Waals surface area (Å²) < 4.78 is 78.2. The predicted molar refractivity (Wildman–Crippen MR) is 191 cm³/mol. The molecule has 0 atom stereocenters. The average Bonchev–Trinajstić information content (AvgIpc) is 3.09. The summed E-state index contributed by atoms with van der Waals surface area (Å²) in [6, 6.07) is 18.2. The molecule has 6 N–H and O–H groups in total. The summed E-state index contributed by atoms with van der Waals surface area (Å²) in [5.41, 5.74) is 13.6. The topological polar surface area (TPSA) is 236 Å². The number of nitrogens with two attached hydrogens (primary N) is 1. The van der Waals surface area contributed by atoms with Crippen molar-refractivity contribution in [3.63, 3.8) is 0 Å². The number of hydrogen-bond donors (Lipinski definition) is 5. The number of nitrogens with one attached hydrogen (secondary N) is 2. The quantitative estimate of drug-likeness (QED) is 0.0905. The Balaban J connectivity index is 1.26. The van der Waals surface area contributed by atoms with Crippen molar-refractivity contribution >= 4 is 72.4 Å². The molecular formula is C34H27N5O10S2. The third-order valence-electron chi connectivity index (χ3n) is 7.94. The maximum Gasteiger partial charge on any atom is 0.296 e. The first-order chi connectivity index (χ1) is 24.2. The van der Waals surface area contributed by atoms with Crippen LogP contribution in [0.5, 0.6) is 11.5 Å². The monoisotopic (exact) mass is 729 g/mol. The van der Waals surface area contributed by atoms with Crippen LogP contribution in [0.3, 0.4) is 0 Å². The molecule has 4 aromatic rings. The first-order valence-electron chi connectivity index (χ1n) is 14.7. The number of nitrogens with zero attached hydrogens (tertiary/aromatic N) is 2. The van der Waals surface area contributed by atoms with Gasteiger partial charge in [-0.15, -0.1) is 0 Å². The van der Waals surface area contributed by atoms with Gasteiger partial charge in [0.2, 0.25) is 11.6 Å². The molecule has 0 aliphatic heterocycles. The molecule has 4 aromatic carbocycles. The average molecular weight is 730 g/mol. The number of Topliss-reactive ketones (excluding diaryl/α,β-unsaturated/α-hetero) is 1. The number of carbonyl (C=O) groups excluding carboxylic acids is 2. The summed E-state index contributed by atoms with van der Waals surface area (Å²) in [5, 5.41) is 8.46. The SMILES string of the molecule is COc1cc(-c2ccc(NN=C3C(=O)C=Cc4ccccc43)c(OC)c2)ccc1NN=C1C=Cc2c(S(=O)(=O)O)cc(S(=O)(=O)O)c(N)c2C1=O. The van der Waals surface area contributed by atoms with Crippen LogP contribution in [-0.4, -0.2) is 63.2 Å². The lowest BCUT2D eigenvalue weighted by Gasteiger charge is -2.18. The number of anilines is 3. The highest BCUT2D eigenvalue weighted by atomic mass is 32.2. The lowest BCUT2D eigenvalue weighted by Crippen LogP contribution is -2.23. The number of nitrogen functional groups attached to an aromatic ring is 1. The smallest absolute Gasteiger partial charge is 0.296 e. The second-order valence-electron chi connectivity index (χ2n) is 11.0. The molecule has 6 rings (SSSR count). The Morgan fingerprint density at radius 3 is 1.88 bits per heavy atom. The van der Waals surface area contributed by atoms with Crippen LogP contribution in [0, 0.1) is 0 Å². The highest BCUT2D eigenvalue weighted by Gasteiger charge is 2.33. The first-order valence-corrected chi connectivity index (χ1v) is 17.6. The van der Waals surface area contributed by atoms with Gasteiger partial charge in [0.05, 0.1) is 36.8 Å².